The first-order valence-electron chi connectivity index (χ1n) is 8.39. The number of nitrogens with one attached hydrogen (secondary N) is 1. The highest BCUT2D eigenvalue weighted by Gasteiger charge is 2.19. The summed E-state index contributed by atoms with van der Waals surface area (Å²) in [5.41, 5.74) is 3.12. The fourth-order valence-corrected chi connectivity index (χ4v) is 3.44. The van der Waals surface area contributed by atoms with Crippen molar-refractivity contribution in [1.82, 2.24) is 0 Å². The lowest BCUT2D eigenvalue weighted by molar-refractivity contribution is -0.148. The van der Waals surface area contributed by atoms with Crippen LogP contribution < -0.4 is 5.32 Å². The molecule has 1 aliphatic rings. The van der Waals surface area contributed by atoms with E-state index in [0.29, 0.717) is 6.42 Å². The molecule has 3 rings (SSSR count). The highest BCUT2D eigenvalue weighted by molar-refractivity contribution is 7.11. The zero-order chi connectivity index (χ0) is 18.7. The van der Waals surface area contributed by atoms with E-state index in [9.17, 15) is 9.59 Å². The molecule has 0 atom stereocenters. The molecule has 1 aromatic heterocycles. The number of fused-ring (bicyclic) bond motifs is 1. The lowest BCUT2D eigenvalue weighted by Crippen LogP contribution is -2.22. The quantitative estimate of drug-likeness (QED) is 0.633. The average molecular weight is 367 g/mol. The van der Waals surface area contributed by atoms with Crippen molar-refractivity contribution in [3.63, 3.8) is 0 Å². The maximum Gasteiger partial charge on any atom is 0.331 e. The molecule has 2 heterocycles. The number of hydrogen-bond acceptors (Lipinski definition) is 4. The van der Waals surface area contributed by atoms with Gasteiger partial charge in [-0.2, -0.15) is 0 Å². The van der Waals surface area contributed by atoms with Gasteiger partial charge in [-0.15, -0.1) is 11.3 Å². The predicted octanol–water partition coefficient (Wildman–Crippen LogP) is 4.68. The molecule has 1 N–H and O–H groups in total. The van der Waals surface area contributed by atoms with E-state index in [1.807, 2.05) is 62.6 Å². The number of rotatable bonds is 3. The van der Waals surface area contributed by atoms with Crippen LogP contribution in [0.3, 0.4) is 0 Å². The van der Waals surface area contributed by atoms with E-state index in [2.05, 4.69) is 5.32 Å². The van der Waals surface area contributed by atoms with E-state index < -0.39 is 5.60 Å². The second kappa shape index (κ2) is 7.30. The zero-order valence-electron chi connectivity index (χ0n) is 15.0. The third-order valence-corrected chi connectivity index (χ3v) is 4.61. The molecule has 0 radical (unpaired) electrons. The zero-order valence-corrected chi connectivity index (χ0v) is 15.9. The second-order valence-electron chi connectivity index (χ2n) is 7.11. The van der Waals surface area contributed by atoms with Gasteiger partial charge in [0.2, 0.25) is 0 Å². The number of thiophene rings is 1. The molecule has 5 heteroatoms. The van der Waals surface area contributed by atoms with Gasteiger partial charge < -0.3 is 10.1 Å². The second-order valence-corrected chi connectivity index (χ2v) is 8.05. The van der Waals surface area contributed by atoms with Gasteiger partial charge in [0.1, 0.15) is 5.60 Å². The van der Waals surface area contributed by atoms with Crippen molar-refractivity contribution in [1.29, 1.82) is 0 Å². The summed E-state index contributed by atoms with van der Waals surface area (Å²) in [6.45, 7) is 5.50. The Labute approximate surface area is 157 Å². The van der Waals surface area contributed by atoms with Crippen LogP contribution in [0.25, 0.3) is 12.2 Å². The van der Waals surface area contributed by atoms with Crippen molar-refractivity contribution < 1.29 is 14.3 Å². The Morgan fingerprint density at radius 2 is 2.04 bits per heavy atom. The van der Waals surface area contributed by atoms with Crippen LogP contribution in [-0.2, 0) is 20.7 Å². The number of amides is 1. The normalized spacial score (nSPS) is 15.8. The van der Waals surface area contributed by atoms with Crippen LogP contribution >= 0.6 is 11.3 Å². The maximum absolute atomic E-state index is 12.3. The Kier molecular flexibility index (Phi) is 5.09. The van der Waals surface area contributed by atoms with Crippen molar-refractivity contribution in [3.8, 4) is 0 Å². The van der Waals surface area contributed by atoms with E-state index in [0.717, 1.165) is 27.3 Å². The number of hydrogen-bond donors (Lipinski definition) is 1. The lowest BCUT2D eigenvalue weighted by atomic mass is 9.98. The smallest absolute Gasteiger partial charge is 0.331 e. The Balaban J connectivity index is 1.71. The standard InChI is InChI=1S/C21H21NO3S/c1-21(2,3)25-19(23)9-8-14-10-17(26-13-14)12-16-11-15-6-4-5-7-18(15)22-20(16)24/h4-10,12-13H,11H2,1-3H3,(H,22,24)/b9-8+,16-12?. The first kappa shape index (κ1) is 18.1. The largest absolute Gasteiger partial charge is 0.457 e. The third-order valence-electron chi connectivity index (χ3n) is 3.71. The number of carbonyl (C=O) groups is 2. The van der Waals surface area contributed by atoms with Crippen molar-refractivity contribution in [2.45, 2.75) is 32.8 Å². The molecule has 0 unspecified atom stereocenters. The molecule has 0 aliphatic carbocycles. The number of para-hydroxylation sites is 1. The molecule has 0 saturated heterocycles. The van der Waals surface area contributed by atoms with Crippen LogP contribution in [-0.4, -0.2) is 17.5 Å². The van der Waals surface area contributed by atoms with Crippen LogP contribution in [0, 0.1) is 0 Å². The highest BCUT2D eigenvalue weighted by Crippen LogP contribution is 2.27. The van der Waals surface area contributed by atoms with Crippen LogP contribution in [0.5, 0.6) is 0 Å². The Morgan fingerprint density at radius 1 is 1.27 bits per heavy atom. The van der Waals surface area contributed by atoms with Gasteiger partial charge in [-0.3, -0.25) is 4.79 Å². The van der Waals surface area contributed by atoms with Crippen LogP contribution in [0.15, 0.2) is 47.4 Å². The topological polar surface area (TPSA) is 55.4 Å². The summed E-state index contributed by atoms with van der Waals surface area (Å²) in [6, 6.07) is 9.77. The molecular weight excluding hydrogens is 346 g/mol. The van der Waals surface area contributed by atoms with Crippen molar-refractivity contribution in [2.75, 3.05) is 5.32 Å². The number of anilines is 1. The summed E-state index contributed by atoms with van der Waals surface area (Å²) in [5.74, 6) is -0.435. The van der Waals surface area contributed by atoms with Gasteiger partial charge in [0.25, 0.3) is 5.91 Å². The Morgan fingerprint density at radius 3 is 2.81 bits per heavy atom. The monoisotopic (exact) mass is 367 g/mol. The van der Waals surface area contributed by atoms with E-state index in [1.165, 1.54) is 17.4 Å². The number of benzene rings is 1. The fraction of sp³-hybridized carbons (Fsp3) is 0.238. The number of ether oxygens (including phenoxy) is 1. The van der Waals surface area contributed by atoms with E-state index in [4.69, 9.17) is 4.74 Å². The third kappa shape index (κ3) is 4.70. The van der Waals surface area contributed by atoms with Crippen LogP contribution in [0.4, 0.5) is 5.69 Å². The van der Waals surface area contributed by atoms with E-state index >= 15 is 0 Å². The van der Waals surface area contributed by atoms with Crippen LogP contribution in [0.2, 0.25) is 0 Å². The Hall–Kier alpha value is -2.66. The molecule has 1 aliphatic heterocycles. The van der Waals surface area contributed by atoms with Crippen LogP contribution in [0.1, 0.15) is 36.8 Å². The van der Waals surface area contributed by atoms with E-state index in [-0.39, 0.29) is 11.9 Å². The minimum absolute atomic E-state index is 0.0667. The molecule has 0 saturated carbocycles. The molecule has 1 aromatic carbocycles. The summed E-state index contributed by atoms with van der Waals surface area (Å²) in [7, 11) is 0. The van der Waals surface area contributed by atoms with Gasteiger partial charge in [-0.05, 0) is 61.6 Å². The van der Waals surface area contributed by atoms with Crippen molar-refractivity contribution in [3.05, 3.63) is 63.4 Å². The summed E-state index contributed by atoms with van der Waals surface area (Å²) in [5, 5.41) is 4.87. The Bertz CT molecular complexity index is 900. The van der Waals surface area contributed by atoms with Gasteiger partial charge >= 0.3 is 5.97 Å². The number of esters is 1. The first-order chi connectivity index (χ1) is 12.3. The molecule has 4 nitrogen and oxygen atoms in total. The summed E-state index contributed by atoms with van der Waals surface area (Å²) in [4.78, 5) is 25.0. The molecule has 1 amide bonds. The van der Waals surface area contributed by atoms with Gasteiger partial charge in [0.15, 0.2) is 0 Å². The van der Waals surface area contributed by atoms with Gasteiger partial charge in [0, 0.05) is 28.6 Å². The van der Waals surface area contributed by atoms with E-state index in [1.54, 1.807) is 6.08 Å². The number of carbonyl (C=O) groups excluding carboxylic acids is 2. The average Bonchev–Trinajstić information content (AvgIpc) is 3.00. The molecule has 26 heavy (non-hydrogen) atoms. The van der Waals surface area contributed by atoms with Crippen molar-refractivity contribution in [2.24, 2.45) is 0 Å². The molecule has 134 valence electrons. The minimum atomic E-state index is -0.504. The highest BCUT2D eigenvalue weighted by atomic mass is 32.1. The SMILES string of the molecule is CC(C)(C)OC(=O)/C=C/c1csc(C=C2Cc3ccccc3NC2=O)c1. The summed E-state index contributed by atoms with van der Waals surface area (Å²) in [6.07, 6.45) is 5.67. The fourth-order valence-electron chi connectivity index (χ4n) is 2.60. The summed E-state index contributed by atoms with van der Waals surface area (Å²) >= 11 is 1.53. The summed E-state index contributed by atoms with van der Waals surface area (Å²) < 4.78 is 5.25. The molecule has 0 fully saturated rings. The van der Waals surface area contributed by atoms with Crippen molar-refractivity contribution >= 4 is 41.1 Å². The van der Waals surface area contributed by atoms with Gasteiger partial charge in [0.05, 0.1) is 0 Å². The molecule has 2 aromatic rings. The molecule has 0 spiro atoms. The van der Waals surface area contributed by atoms with Gasteiger partial charge in [-0.25, -0.2) is 4.79 Å². The molecular formula is C21H21NO3S. The lowest BCUT2D eigenvalue weighted by Gasteiger charge is -2.18. The van der Waals surface area contributed by atoms with Gasteiger partial charge in [-0.1, -0.05) is 18.2 Å². The maximum atomic E-state index is 12.3. The first-order valence-corrected chi connectivity index (χ1v) is 9.27. The minimum Gasteiger partial charge on any atom is -0.457 e. The predicted molar refractivity (Wildman–Crippen MR) is 106 cm³/mol. The molecule has 0 bridgehead atoms.